The highest BCUT2D eigenvalue weighted by Crippen LogP contribution is 2.16. The van der Waals surface area contributed by atoms with E-state index in [1.807, 2.05) is 48.1 Å². The lowest BCUT2D eigenvalue weighted by atomic mass is 10.2. The molecule has 1 N–H and O–H groups in total. The van der Waals surface area contributed by atoms with E-state index in [-0.39, 0.29) is 0 Å². The van der Waals surface area contributed by atoms with Crippen LogP contribution in [-0.2, 0) is 0 Å². The van der Waals surface area contributed by atoms with Crippen molar-refractivity contribution in [1.82, 2.24) is 19.7 Å². The van der Waals surface area contributed by atoms with Gasteiger partial charge in [-0.25, -0.2) is 9.67 Å². The van der Waals surface area contributed by atoms with E-state index in [0.29, 0.717) is 5.95 Å². The first-order valence-electron chi connectivity index (χ1n) is 5.88. The highest BCUT2D eigenvalue weighted by molar-refractivity contribution is 5.79. The Hall–Kier alpha value is -2.43. The van der Waals surface area contributed by atoms with Gasteiger partial charge in [0.05, 0.1) is 11.7 Å². The van der Waals surface area contributed by atoms with Crippen molar-refractivity contribution in [3.63, 3.8) is 0 Å². The average molecular weight is 239 g/mol. The molecule has 0 aliphatic carbocycles. The van der Waals surface area contributed by atoms with Crippen LogP contribution in [0.15, 0.2) is 42.7 Å². The number of benzene rings is 1. The molecule has 0 amide bonds. The minimum Gasteiger partial charge on any atom is -0.354 e. The second-order valence-corrected chi connectivity index (χ2v) is 3.88. The van der Waals surface area contributed by atoms with Gasteiger partial charge in [0.15, 0.2) is 5.82 Å². The number of hydrogen-bond donors (Lipinski definition) is 1. The number of fused-ring (bicyclic) bond motifs is 1. The minimum absolute atomic E-state index is 0.620. The van der Waals surface area contributed by atoms with E-state index in [1.54, 1.807) is 6.20 Å². The van der Waals surface area contributed by atoms with Crippen LogP contribution in [0.1, 0.15) is 6.92 Å². The Kier molecular flexibility index (Phi) is 2.64. The average Bonchev–Trinajstić information content (AvgIpc) is 2.83. The number of anilines is 1. The van der Waals surface area contributed by atoms with E-state index >= 15 is 0 Å². The first-order chi connectivity index (χ1) is 8.88. The molecule has 0 atom stereocenters. The van der Waals surface area contributed by atoms with Crippen molar-refractivity contribution in [1.29, 1.82) is 0 Å². The molecule has 0 aliphatic heterocycles. The van der Waals surface area contributed by atoms with E-state index in [1.165, 1.54) is 0 Å². The van der Waals surface area contributed by atoms with Gasteiger partial charge in [0.2, 0.25) is 5.95 Å². The van der Waals surface area contributed by atoms with Crippen molar-refractivity contribution in [3.8, 4) is 5.82 Å². The molecule has 0 saturated heterocycles. The van der Waals surface area contributed by atoms with Gasteiger partial charge in [-0.1, -0.05) is 18.2 Å². The summed E-state index contributed by atoms with van der Waals surface area (Å²) in [6.45, 7) is 2.81. The van der Waals surface area contributed by atoms with Crippen molar-refractivity contribution >= 4 is 16.9 Å². The van der Waals surface area contributed by atoms with E-state index in [2.05, 4.69) is 20.4 Å². The number of hydrogen-bond acceptors (Lipinski definition) is 4. The highest BCUT2D eigenvalue weighted by Gasteiger charge is 2.06. The van der Waals surface area contributed by atoms with Crippen LogP contribution in [0, 0.1) is 0 Å². The normalized spacial score (nSPS) is 10.7. The summed E-state index contributed by atoms with van der Waals surface area (Å²) in [4.78, 5) is 8.59. The Labute approximate surface area is 104 Å². The number of rotatable bonds is 3. The zero-order valence-corrected chi connectivity index (χ0v) is 10.0. The molecule has 0 fully saturated rings. The number of aromatic nitrogens is 4. The van der Waals surface area contributed by atoms with Crippen molar-refractivity contribution in [2.24, 2.45) is 0 Å². The summed E-state index contributed by atoms with van der Waals surface area (Å²) in [5.74, 6) is 1.39. The summed E-state index contributed by atoms with van der Waals surface area (Å²) >= 11 is 0. The third-order valence-corrected chi connectivity index (χ3v) is 2.67. The number of nitrogens with one attached hydrogen (secondary N) is 1. The molecule has 5 nitrogen and oxygen atoms in total. The van der Waals surface area contributed by atoms with Gasteiger partial charge in [-0.2, -0.15) is 10.1 Å². The van der Waals surface area contributed by atoms with Crippen LogP contribution >= 0.6 is 0 Å². The van der Waals surface area contributed by atoms with E-state index < -0.39 is 0 Å². The SMILES string of the molecule is CCNc1nccc(-n2ncc3ccccc32)n1. The van der Waals surface area contributed by atoms with Gasteiger partial charge in [-0.05, 0) is 13.0 Å². The first kappa shape index (κ1) is 10.7. The van der Waals surface area contributed by atoms with Crippen molar-refractivity contribution in [2.75, 3.05) is 11.9 Å². The summed E-state index contributed by atoms with van der Waals surface area (Å²) in [5.41, 5.74) is 1.04. The molecular weight excluding hydrogens is 226 g/mol. The van der Waals surface area contributed by atoms with E-state index in [0.717, 1.165) is 23.3 Å². The molecule has 5 heteroatoms. The third-order valence-electron chi connectivity index (χ3n) is 2.67. The molecule has 0 spiro atoms. The Morgan fingerprint density at radius 3 is 3.00 bits per heavy atom. The molecule has 0 bridgehead atoms. The second kappa shape index (κ2) is 4.44. The van der Waals surface area contributed by atoms with Crippen LogP contribution in [-0.4, -0.2) is 26.3 Å². The molecule has 0 saturated carbocycles. The quantitative estimate of drug-likeness (QED) is 0.761. The maximum atomic E-state index is 4.43. The van der Waals surface area contributed by atoms with Crippen LogP contribution in [0.25, 0.3) is 16.7 Å². The molecule has 1 aromatic carbocycles. The molecule has 3 aromatic rings. The van der Waals surface area contributed by atoms with Gasteiger partial charge in [0.25, 0.3) is 0 Å². The lowest BCUT2D eigenvalue weighted by molar-refractivity contribution is 0.865. The molecule has 90 valence electrons. The fourth-order valence-corrected chi connectivity index (χ4v) is 1.86. The van der Waals surface area contributed by atoms with Gasteiger partial charge in [0.1, 0.15) is 0 Å². The molecule has 2 aromatic heterocycles. The predicted octanol–water partition coefficient (Wildman–Crippen LogP) is 2.25. The third kappa shape index (κ3) is 1.79. The minimum atomic E-state index is 0.620. The highest BCUT2D eigenvalue weighted by atomic mass is 15.3. The van der Waals surface area contributed by atoms with Crippen molar-refractivity contribution < 1.29 is 0 Å². The van der Waals surface area contributed by atoms with Gasteiger partial charge < -0.3 is 5.32 Å². The van der Waals surface area contributed by atoms with Crippen LogP contribution in [0.2, 0.25) is 0 Å². The maximum Gasteiger partial charge on any atom is 0.224 e. The molecule has 2 heterocycles. The predicted molar refractivity (Wildman–Crippen MR) is 70.8 cm³/mol. The fourth-order valence-electron chi connectivity index (χ4n) is 1.86. The van der Waals surface area contributed by atoms with Crippen molar-refractivity contribution in [3.05, 3.63) is 42.7 Å². The fraction of sp³-hybridized carbons (Fsp3) is 0.154. The van der Waals surface area contributed by atoms with E-state index in [4.69, 9.17) is 0 Å². The summed E-state index contributed by atoms with van der Waals surface area (Å²) < 4.78 is 1.82. The topological polar surface area (TPSA) is 55.6 Å². The second-order valence-electron chi connectivity index (χ2n) is 3.88. The lowest BCUT2D eigenvalue weighted by Crippen LogP contribution is -2.06. The Morgan fingerprint density at radius 1 is 1.22 bits per heavy atom. The van der Waals surface area contributed by atoms with Crippen LogP contribution in [0.4, 0.5) is 5.95 Å². The zero-order chi connectivity index (χ0) is 12.4. The first-order valence-corrected chi connectivity index (χ1v) is 5.88. The zero-order valence-electron chi connectivity index (χ0n) is 10.0. The van der Waals surface area contributed by atoms with Crippen LogP contribution in [0.5, 0.6) is 0 Å². The summed E-state index contributed by atoms with van der Waals surface area (Å²) in [6, 6.07) is 9.90. The molecule has 0 aliphatic rings. The summed E-state index contributed by atoms with van der Waals surface area (Å²) in [6.07, 6.45) is 3.57. The van der Waals surface area contributed by atoms with Crippen LogP contribution in [0.3, 0.4) is 0 Å². The molecular formula is C13H13N5. The molecule has 0 unspecified atom stereocenters. The Bertz CT molecular complexity index is 674. The van der Waals surface area contributed by atoms with Gasteiger partial charge in [-0.15, -0.1) is 0 Å². The summed E-state index contributed by atoms with van der Waals surface area (Å²) in [5, 5.41) is 8.56. The summed E-state index contributed by atoms with van der Waals surface area (Å²) in [7, 11) is 0. The van der Waals surface area contributed by atoms with Gasteiger partial charge in [0, 0.05) is 24.2 Å². The largest absolute Gasteiger partial charge is 0.354 e. The molecule has 0 radical (unpaired) electrons. The maximum absolute atomic E-state index is 4.43. The monoisotopic (exact) mass is 239 g/mol. The van der Waals surface area contributed by atoms with E-state index in [9.17, 15) is 0 Å². The number of para-hydroxylation sites is 1. The molecule has 18 heavy (non-hydrogen) atoms. The lowest BCUT2D eigenvalue weighted by Gasteiger charge is -2.05. The van der Waals surface area contributed by atoms with Crippen LogP contribution < -0.4 is 5.32 Å². The number of nitrogens with zero attached hydrogens (tertiary/aromatic N) is 4. The Balaban J connectivity index is 2.11. The Morgan fingerprint density at radius 2 is 2.11 bits per heavy atom. The smallest absolute Gasteiger partial charge is 0.224 e. The molecule has 3 rings (SSSR count). The van der Waals surface area contributed by atoms with Crippen molar-refractivity contribution in [2.45, 2.75) is 6.92 Å². The standard InChI is InChI=1S/C13H13N5/c1-2-14-13-15-8-7-12(17-13)18-11-6-4-3-5-10(11)9-16-18/h3-9H,2H2,1H3,(H,14,15,17). The van der Waals surface area contributed by atoms with Gasteiger partial charge in [-0.3, -0.25) is 0 Å². The van der Waals surface area contributed by atoms with Gasteiger partial charge >= 0.3 is 0 Å².